The standard InChI is InChI=1S/C30H27N9O/c40-25(14-18-4-2-1-3-5-18)34-21-15-20(16-32-17-21)23-6-7-24-27(35-23)28(39-38-24)30-36-26-22(10-13-33-29(26)37-30)19-8-11-31-12-9-19/h6-13,15-18H,1-5,14H2,(H,34,40)(H,38,39)(H,33,36,37). The Morgan fingerprint density at radius 1 is 0.925 bits per heavy atom. The number of carbonyl (C=O) groups is 1. The zero-order valence-corrected chi connectivity index (χ0v) is 21.8. The molecule has 1 aliphatic carbocycles. The summed E-state index contributed by atoms with van der Waals surface area (Å²) in [5, 5.41) is 10.6. The molecular formula is C30H27N9O. The number of aromatic nitrogens is 8. The van der Waals surface area contributed by atoms with Crippen molar-refractivity contribution in [1.29, 1.82) is 0 Å². The van der Waals surface area contributed by atoms with Crippen LogP contribution in [-0.2, 0) is 4.79 Å². The second-order valence-electron chi connectivity index (χ2n) is 10.3. The molecule has 0 atom stereocenters. The van der Waals surface area contributed by atoms with Gasteiger partial charge in [-0.3, -0.25) is 19.9 Å². The maximum Gasteiger partial charge on any atom is 0.224 e. The molecule has 6 aromatic heterocycles. The van der Waals surface area contributed by atoms with Crippen LogP contribution in [0.4, 0.5) is 5.69 Å². The van der Waals surface area contributed by atoms with Crippen LogP contribution in [0, 0.1) is 5.92 Å². The predicted molar refractivity (Wildman–Crippen MR) is 153 cm³/mol. The lowest BCUT2D eigenvalue weighted by atomic mass is 9.87. The molecule has 1 aliphatic rings. The van der Waals surface area contributed by atoms with E-state index in [1.54, 1.807) is 31.0 Å². The van der Waals surface area contributed by atoms with Crippen molar-refractivity contribution in [3.8, 4) is 33.9 Å². The van der Waals surface area contributed by atoms with Gasteiger partial charge in [0.2, 0.25) is 5.91 Å². The van der Waals surface area contributed by atoms with E-state index in [1.165, 1.54) is 19.3 Å². The van der Waals surface area contributed by atoms with Crippen LogP contribution in [0.15, 0.2) is 67.4 Å². The zero-order chi connectivity index (χ0) is 26.9. The Kier molecular flexibility index (Phi) is 6.19. The maximum absolute atomic E-state index is 12.7. The van der Waals surface area contributed by atoms with E-state index in [9.17, 15) is 4.79 Å². The molecule has 1 fully saturated rings. The van der Waals surface area contributed by atoms with Crippen molar-refractivity contribution in [3.63, 3.8) is 0 Å². The first kappa shape index (κ1) is 24.1. The minimum Gasteiger partial charge on any atom is -0.335 e. The summed E-state index contributed by atoms with van der Waals surface area (Å²) in [5.74, 6) is 1.08. The SMILES string of the molecule is O=C(CC1CCCCC1)Nc1cncc(-c2ccc3[nH]nc(-c4nc5nccc(-c6ccncc6)c5[nH]4)c3n2)c1. The molecule has 10 nitrogen and oxygen atoms in total. The first-order valence-corrected chi connectivity index (χ1v) is 13.6. The Morgan fingerprint density at radius 2 is 1.80 bits per heavy atom. The van der Waals surface area contributed by atoms with Gasteiger partial charge in [-0.05, 0) is 60.7 Å². The molecule has 6 heterocycles. The molecule has 10 heteroatoms. The van der Waals surface area contributed by atoms with Crippen LogP contribution < -0.4 is 5.32 Å². The second kappa shape index (κ2) is 10.3. The monoisotopic (exact) mass is 529 g/mol. The van der Waals surface area contributed by atoms with E-state index < -0.39 is 0 Å². The van der Waals surface area contributed by atoms with Crippen LogP contribution in [0.1, 0.15) is 38.5 Å². The summed E-state index contributed by atoms with van der Waals surface area (Å²) in [6.45, 7) is 0. The van der Waals surface area contributed by atoms with Gasteiger partial charge in [-0.2, -0.15) is 5.10 Å². The Labute approximate surface area is 229 Å². The lowest BCUT2D eigenvalue weighted by Crippen LogP contribution is -2.18. The molecule has 7 rings (SSSR count). The second-order valence-corrected chi connectivity index (χ2v) is 10.3. The number of nitrogens with zero attached hydrogens (tertiary/aromatic N) is 6. The lowest BCUT2D eigenvalue weighted by molar-refractivity contribution is -0.117. The Balaban J connectivity index is 1.19. The third-order valence-electron chi connectivity index (χ3n) is 7.53. The number of aromatic amines is 2. The third kappa shape index (κ3) is 4.68. The topological polar surface area (TPSA) is 138 Å². The molecule has 198 valence electrons. The first-order chi connectivity index (χ1) is 19.7. The van der Waals surface area contributed by atoms with E-state index in [-0.39, 0.29) is 5.91 Å². The van der Waals surface area contributed by atoms with Gasteiger partial charge in [0, 0.05) is 42.3 Å². The van der Waals surface area contributed by atoms with Crippen molar-refractivity contribution < 1.29 is 4.79 Å². The number of imidazole rings is 1. The summed E-state index contributed by atoms with van der Waals surface area (Å²) >= 11 is 0. The van der Waals surface area contributed by atoms with Gasteiger partial charge in [-0.25, -0.2) is 15.0 Å². The molecule has 1 amide bonds. The molecule has 0 saturated heterocycles. The minimum atomic E-state index is 0.0380. The smallest absolute Gasteiger partial charge is 0.224 e. The molecule has 1 saturated carbocycles. The molecule has 0 spiro atoms. The molecule has 3 N–H and O–H groups in total. The van der Waals surface area contributed by atoms with Gasteiger partial charge in [0.25, 0.3) is 0 Å². The number of hydrogen-bond donors (Lipinski definition) is 3. The summed E-state index contributed by atoms with van der Waals surface area (Å²) in [5.41, 5.74) is 7.65. The van der Waals surface area contributed by atoms with Crippen molar-refractivity contribution >= 4 is 33.8 Å². The van der Waals surface area contributed by atoms with Crippen LogP contribution in [-0.4, -0.2) is 46.0 Å². The number of hydrogen-bond acceptors (Lipinski definition) is 7. The number of amides is 1. The summed E-state index contributed by atoms with van der Waals surface area (Å²) in [4.78, 5) is 38.7. The van der Waals surface area contributed by atoms with E-state index in [1.807, 2.05) is 36.4 Å². The van der Waals surface area contributed by atoms with Crippen molar-refractivity contribution in [2.24, 2.45) is 5.92 Å². The molecule has 0 aliphatic heterocycles. The molecule has 0 unspecified atom stereocenters. The number of pyridine rings is 4. The highest BCUT2D eigenvalue weighted by molar-refractivity contribution is 5.95. The Bertz CT molecular complexity index is 1820. The Morgan fingerprint density at radius 3 is 2.67 bits per heavy atom. The quantitative estimate of drug-likeness (QED) is 0.243. The fourth-order valence-corrected chi connectivity index (χ4v) is 5.53. The number of rotatable bonds is 6. The van der Waals surface area contributed by atoms with E-state index in [2.05, 4.69) is 35.5 Å². The van der Waals surface area contributed by atoms with Crippen LogP contribution in [0.2, 0.25) is 0 Å². The summed E-state index contributed by atoms with van der Waals surface area (Å²) in [6.07, 6.45) is 15.2. The van der Waals surface area contributed by atoms with Gasteiger partial charge in [0.05, 0.1) is 28.6 Å². The number of anilines is 1. The van der Waals surface area contributed by atoms with Gasteiger partial charge in [0.1, 0.15) is 5.52 Å². The summed E-state index contributed by atoms with van der Waals surface area (Å²) in [7, 11) is 0. The van der Waals surface area contributed by atoms with Gasteiger partial charge in [0.15, 0.2) is 17.2 Å². The van der Waals surface area contributed by atoms with Crippen LogP contribution in [0.25, 0.3) is 56.1 Å². The summed E-state index contributed by atoms with van der Waals surface area (Å²) < 4.78 is 0. The van der Waals surface area contributed by atoms with Gasteiger partial charge in [-0.1, -0.05) is 19.3 Å². The number of H-pyrrole nitrogens is 2. The third-order valence-corrected chi connectivity index (χ3v) is 7.53. The molecule has 0 radical (unpaired) electrons. The van der Waals surface area contributed by atoms with E-state index in [0.717, 1.165) is 46.3 Å². The number of carbonyl (C=O) groups excluding carboxylic acids is 1. The minimum absolute atomic E-state index is 0.0380. The normalized spacial score (nSPS) is 14.1. The number of fused-ring (bicyclic) bond motifs is 2. The van der Waals surface area contributed by atoms with Crippen molar-refractivity contribution in [2.75, 3.05) is 5.32 Å². The number of nitrogens with one attached hydrogen (secondary N) is 3. The molecule has 0 aromatic carbocycles. The summed E-state index contributed by atoms with van der Waals surface area (Å²) in [6, 6.07) is 11.6. The van der Waals surface area contributed by atoms with Gasteiger partial charge < -0.3 is 10.3 Å². The van der Waals surface area contributed by atoms with Crippen LogP contribution in [0.5, 0.6) is 0 Å². The molecular weight excluding hydrogens is 502 g/mol. The van der Waals surface area contributed by atoms with Crippen molar-refractivity contribution in [2.45, 2.75) is 38.5 Å². The fraction of sp³-hybridized carbons (Fsp3) is 0.233. The average molecular weight is 530 g/mol. The molecule has 6 aromatic rings. The first-order valence-electron chi connectivity index (χ1n) is 13.6. The van der Waals surface area contributed by atoms with Gasteiger partial charge >= 0.3 is 0 Å². The fourth-order valence-electron chi connectivity index (χ4n) is 5.53. The van der Waals surface area contributed by atoms with Crippen LogP contribution >= 0.6 is 0 Å². The van der Waals surface area contributed by atoms with E-state index >= 15 is 0 Å². The Hall–Kier alpha value is -4.99. The van der Waals surface area contributed by atoms with Gasteiger partial charge in [-0.15, -0.1) is 0 Å². The molecule has 0 bridgehead atoms. The maximum atomic E-state index is 12.7. The van der Waals surface area contributed by atoms with E-state index in [0.29, 0.717) is 40.7 Å². The van der Waals surface area contributed by atoms with Crippen LogP contribution in [0.3, 0.4) is 0 Å². The zero-order valence-electron chi connectivity index (χ0n) is 21.8. The highest BCUT2D eigenvalue weighted by Gasteiger charge is 2.19. The highest BCUT2D eigenvalue weighted by atomic mass is 16.1. The lowest BCUT2D eigenvalue weighted by Gasteiger charge is -2.20. The molecule has 40 heavy (non-hydrogen) atoms. The van der Waals surface area contributed by atoms with Crippen molar-refractivity contribution in [1.82, 2.24) is 40.1 Å². The van der Waals surface area contributed by atoms with Crippen molar-refractivity contribution in [3.05, 3.63) is 67.4 Å². The predicted octanol–water partition coefficient (Wildman–Crippen LogP) is 5.93. The largest absolute Gasteiger partial charge is 0.335 e. The average Bonchev–Trinajstić information content (AvgIpc) is 3.62. The highest BCUT2D eigenvalue weighted by Crippen LogP contribution is 2.31. The van der Waals surface area contributed by atoms with E-state index in [4.69, 9.17) is 9.97 Å².